The van der Waals surface area contributed by atoms with Crippen LogP contribution in [0, 0.1) is 5.92 Å². The SMILES string of the molecule is C[C@H]1CCCN(S(=O)(=O)N2CCOCC2)[C@H]1CN. The van der Waals surface area contributed by atoms with Gasteiger partial charge >= 0.3 is 0 Å². The predicted molar refractivity (Wildman–Crippen MR) is 69.3 cm³/mol. The lowest BCUT2D eigenvalue weighted by Crippen LogP contribution is -2.57. The molecule has 0 aromatic rings. The summed E-state index contributed by atoms with van der Waals surface area (Å²) >= 11 is 0. The summed E-state index contributed by atoms with van der Waals surface area (Å²) in [5.74, 6) is 0.333. The van der Waals surface area contributed by atoms with E-state index >= 15 is 0 Å². The molecule has 0 aliphatic carbocycles. The molecule has 106 valence electrons. The average Bonchev–Trinajstić information content (AvgIpc) is 2.39. The molecule has 0 amide bonds. The van der Waals surface area contributed by atoms with Crippen molar-refractivity contribution in [1.82, 2.24) is 8.61 Å². The maximum atomic E-state index is 12.6. The molecular formula is C11H23N3O3S. The van der Waals surface area contributed by atoms with E-state index < -0.39 is 10.2 Å². The second-order valence-corrected chi connectivity index (χ2v) is 6.93. The van der Waals surface area contributed by atoms with Gasteiger partial charge in [0.1, 0.15) is 0 Å². The molecule has 6 nitrogen and oxygen atoms in total. The zero-order chi connectivity index (χ0) is 13.2. The number of nitrogens with zero attached hydrogens (tertiary/aromatic N) is 2. The van der Waals surface area contributed by atoms with Gasteiger partial charge in [0, 0.05) is 32.2 Å². The molecule has 2 fully saturated rings. The topological polar surface area (TPSA) is 75.9 Å². The van der Waals surface area contributed by atoms with E-state index in [1.54, 1.807) is 4.31 Å². The third kappa shape index (κ3) is 2.70. The summed E-state index contributed by atoms with van der Waals surface area (Å²) in [5.41, 5.74) is 5.76. The molecule has 0 unspecified atom stereocenters. The molecule has 0 aromatic carbocycles. The second-order valence-electron chi connectivity index (χ2n) is 5.05. The first kappa shape index (κ1) is 14.2. The van der Waals surface area contributed by atoms with Crippen LogP contribution in [-0.4, -0.2) is 62.5 Å². The summed E-state index contributed by atoms with van der Waals surface area (Å²) in [7, 11) is -3.37. The van der Waals surface area contributed by atoms with E-state index in [2.05, 4.69) is 6.92 Å². The third-order valence-corrected chi connectivity index (χ3v) is 5.96. The van der Waals surface area contributed by atoms with Crippen molar-refractivity contribution < 1.29 is 13.2 Å². The fourth-order valence-corrected chi connectivity index (χ4v) is 4.68. The highest BCUT2D eigenvalue weighted by atomic mass is 32.2. The van der Waals surface area contributed by atoms with Gasteiger partial charge < -0.3 is 10.5 Å². The van der Waals surface area contributed by atoms with Crippen LogP contribution in [-0.2, 0) is 14.9 Å². The van der Waals surface area contributed by atoms with Crippen molar-refractivity contribution in [3.8, 4) is 0 Å². The van der Waals surface area contributed by atoms with Crippen LogP contribution in [0.3, 0.4) is 0 Å². The standard InChI is InChI=1S/C11H23N3O3S/c1-10-3-2-4-14(11(10)9-12)18(15,16)13-5-7-17-8-6-13/h10-11H,2-9,12H2,1H3/t10-,11-/m0/s1. The van der Waals surface area contributed by atoms with Crippen LogP contribution in [0.4, 0.5) is 0 Å². The number of rotatable bonds is 3. The Morgan fingerprint density at radius 3 is 2.56 bits per heavy atom. The number of piperidine rings is 1. The van der Waals surface area contributed by atoms with E-state index in [0.717, 1.165) is 12.8 Å². The molecule has 2 N–H and O–H groups in total. The highest BCUT2D eigenvalue weighted by molar-refractivity contribution is 7.86. The maximum absolute atomic E-state index is 12.6. The van der Waals surface area contributed by atoms with Gasteiger partial charge in [0.2, 0.25) is 0 Å². The van der Waals surface area contributed by atoms with Gasteiger partial charge in [-0.3, -0.25) is 0 Å². The number of nitrogens with two attached hydrogens (primary N) is 1. The summed E-state index contributed by atoms with van der Waals surface area (Å²) in [6.45, 7) is 4.93. The van der Waals surface area contributed by atoms with Crippen LogP contribution in [0.15, 0.2) is 0 Å². The third-order valence-electron chi connectivity index (χ3n) is 3.90. The van der Waals surface area contributed by atoms with Crippen molar-refractivity contribution in [1.29, 1.82) is 0 Å². The summed E-state index contributed by atoms with van der Waals surface area (Å²) in [4.78, 5) is 0. The highest BCUT2D eigenvalue weighted by Gasteiger charge is 2.39. The minimum Gasteiger partial charge on any atom is -0.379 e. The van der Waals surface area contributed by atoms with E-state index in [4.69, 9.17) is 10.5 Å². The number of morpholine rings is 1. The Hall–Kier alpha value is -0.210. The molecule has 2 aliphatic rings. The molecule has 18 heavy (non-hydrogen) atoms. The lowest BCUT2D eigenvalue weighted by Gasteiger charge is -2.41. The van der Waals surface area contributed by atoms with E-state index in [9.17, 15) is 8.42 Å². The second kappa shape index (κ2) is 5.83. The molecule has 0 saturated carbocycles. The fourth-order valence-electron chi connectivity index (χ4n) is 2.77. The molecule has 2 heterocycles. The van der Waals surface area contributed by atoms with Crippen LogP contribution in [0.5, 0.6) is 0 Å². The Balaban J connectivity index is 2.16. The minimum absolute atomic E-state index is 0.0633. The van der Waals surface area contributed by atoms with Gasteiger partial charge in [-0.15, -0.1) is 0 Å². The van der Waals surface area contributed by atoms with Crippen LogP contribution < -0.4 is 5.73 Å². The molecule has 0 spiro atoms. The van der Waals surface area contributed by atoms with Crippen LogP contribution in [0.25, 0.3) is 0 Å². The molecular weight excluding hydrogens is 254 g/mol. The monoisotopic (exact) mass is 277 g/mol. The first-order chi connectivity index (χ1) is 8.57. The quantitative estimate of drug-likeness (QED) is 0.763. The molecule has 2 atom stereocenters. The minimum atomic E-state index is -3.37. The normalized spacial score (nSPS) is 32.6. The largest absolute Gasteiger partial charge is 0.379 e. The summed E-state index contributed by atoms with van der Waals surface area (Å²) < 4.78 is 33.5. The first-order valence-electron chi connectivity index (χ1n) is 6.62. The van der Waals surface area contributed by atoms with Gasteiger partial charge in [0.25, 0.3) is 10.2 Å². The Bertz CT molecular complexity index is 368. The molecule has 0 bridgehead atoms. The number of ether oxygens (including phenoxy) is 1. The Morgan fingerprint density at radius 1 is 1.28 bits per heavy atom. The Labute approximate surface area is 109 Å². The fraction of sp³-hybridized carbons (Fsp3) is 1.00. The van der Waals surface area contributed by atoms with Gasteiger partial charge in [-0.1, -0.05) is 6.92 Å². The van der Waals surface area contributed by atoms with Gasteiger partial charge in [-0.25, -0.2) is 0 Å². The van der Waals surface area contributed by atoms with Crippen molar-refractivity contribution in [3.63, 3.8) is 0 Å². The molecule has 0 radical (unpaired) electrons. The van der Waals surface area contributed by atoms with Crippen molar-refractivity contribution in [3.05, 3.63) is 0 Å². The van der Waals surface area contributed by atoms with E-state index in [1.165, 1.54) is 4.31 Å². The van der Waals surface area contributed by atoms with Crippen molar-refractivity contribution in [2.24, 2.45) is 11.7 Å². The molecule has 2 aliphatic heterocycles. The van der Waals surface area contributed by atoms with E-state index in [-0.39, 0.29) is 6.04 Å². The van der Waals surface area contributed by atoms with E-state index in [1.807, 2.05) is 0 Å². The highest BCUT2D eigenvalue weighted by Crippen LogP contribution is 2.26. The van der Waals surface area contributed by atoms with Crippen LogP contribution >= 0.6 is 0 Å². The van der Waals surface area contributed by atoms with Gasteiger partial charge in [-0.2, -0.15) is 17.0 Å². The zero-order valence-corrected chi connectivity index (χ0v) is 11.7. The van der Waals surface area contributed by atoms with Crippen molar-refractivity contribution in [2.45, 2.75) is 25.8 Å². The Kier molecular flexibility index (Phi) is 4.60. The van der Waals surface area contributed by atoms with Gasteiger partial charge in [-0.05, 0) is 18.8 Å². The van der Waals surface area contributed by atoms with Gasteiger partial charge in [0.15, 0.2) is 0 Å². The molecule has 2 rings (SSSR count). The van der Waals surface area contributed by atoms with Crippen LogP contribution in [0.1, 0.15) is 19.8 Å². The van der Waals surface area contributed by atoms with Gasteiger partial charge in [0.05, 0.1) is 13.2 Å². The summed E-state index contributed by atoms with van der Waals surface area (Å²) in [5, 5.41) is 0. The van der Waals surface area contributed by atoms with E-state index in [0.29, 0.717) is 45.3 Å². The zero-order valence-electron chi connectivity index (χ0n) is 10.9. The average molecular weight is 277 g/mol. The summed E-state index contributed by atoms with van der Waals surface area (Å²) in [6.07, 6.45) is 1.97. The first-order valence-corrected chi connectivity index (χ1v) is 8.02. The predicted octanol–water partition coefficient (Wildman–Crippen LogP) is -0.377. The van der Waals surface area contributed by atoms with Crippen LogP contribution in [0.2, 0.25) is 0 Å². The van der Waals surface area contributed by atoms with Crippen molar-refractivity contribution >= 4 is 10.2 Å². The maximum Gasteiger partial charge on any atom is 0.282 e. The summed E-state index contributed by atoms with van der Waals surface area (Å²) in [6, 6.07) is -0.0633. The Morgan fingerprint density at radius 2 is 1.94 bits per heavy atom. The molecule has 7 heteroatoms. The van der Waals surface area contributed by atoms with Crippen molar-refractivity contribution in [2.75, 3.05) is 39.4 Å². The smallest absolute Gasteiger partial charge is 0.282 e. The number of hydrogen-bond donors (Lipinski definition) is 1. The lowest BCUT2D eigenvalue weighted by molar-refractivity contribution is 0.0668. The number of hydrogen-bond acceptors (Lipinski definition) is 4. The lowest BCUT2D eigenvalue weighted by atomic mass is 9.93. The molecule has 0 aromatic heterocycles. The molecule has 2 saturated heterocycles.